The van der Waals surface area contributed by atoms with Gasteiger partial charge in [-0.05, 0) is 25.3 Å². The molecule has 1 aromatic heterocycles. The van der Waals surface area contributed by atoms with Crippen molar-refractivity contribution in [3.05, 3.63) is 36.0 Å². The van der Waals surface area contributed by atoms with Gasteiger partial charge in [0.25, 0.3) is 5.91 Å². The van der Waals surface area contributed by atoms with Crippen LogP contribution in [0.15, 0.2) is 30.3 Å². The van der Waals surface area contributed by atoms with E-state index in [1.54, 1.807) is 6.07 Å². The number of benzene rings is 1. The molecule has 106 valence electrons. The number of rotatable bonds is 5. The Morgan fingerprint density at radius 1 is 1.40 bits per heavy atom. The SMILES string of the molecule is CC(C)OCCNC(=O)c1cc2ccccc2c(N)n1. The maximum absolute atomic E-state index is 12.0. The van der Waals surface area contributed by atoms with E-state index in [2.05, 4.69) is 10.3 Å². The fraction of sp³-hybridized carbons (Fsp3) is 0.333. The number of aromatic nitrogens is 1. The Balaban J connectivity index is 2.07. The predicted octanol–water partition coefficient (Wildman–Crippen LogP) is 1.97. The van der Waals surface area contributed by atoms with E-state index in [0.717, 1.165) is 10.8 Å². The molecule has 20 heavy (non-hydrogen) atoms. The van der Waals surface area contributed by atoms with Gasteiger partial charge in [-0.1, -0.05) is 24.3 Å². The zero-order valence-electron chi connectivity index (χ0n) is 11.7. The lowest BCUT2D eigenvalue weighted by Gasteiger charge is -2.09. The number of nitrogen functional groups attached to an aromatic ring is 1. The number of carbonyl (C=O) groups excluding carboxylic acids is 1. The van der Waals surface area contributed by atoms with Crippen molar-refractivity contribution in [3.63, 3.8) is 0 Å². The van der Waals surface area contributed by atoms with Crippen LogP contribution in [0.2, 0.25) is 0 Å². The average Bonchev–Trinajstić information content (AvgIpc) is 2.43. The van der Waals surface area contributed by atoms with Crippen LogP contribution < -0.4 is 11.1 Å². The smallest absolute Gasteiger partial charge is 0.270 e. The van der Waals surface area contributed by atoms with E-state index in [1.807, 2.05) is 38.1 Å². The van der Waals surface area contributed by atoms with E-state index >= 15 is 0 Å². The second kappa shape index (κ2) is 6.34. The number of nitrogens with zero attached hydrogens (tertiary/aromatic N) is 1. The first kappa shape index (κ1) is 14.3. The summed E-state index contributed by atoms with van der Waals surface area (Å²) in [4.78, 5) is 16.1. The quantitative estimate of drug-likeness (QED) is 0.816. The van der Waals surface area contributed by atoms with Gasteiger partial charge in [-0.25, -0.2) is 4.98 Å². The minimum absolute atomic E-state index is 0.154. The molecule has 0 saturated heterocycles. The van der Waals surface area contributed by atoms with Crippen molar-refractivity contribution in [2.24, 2.45) is 0 Å². The van der Waals surface area contributed by atoms with Crippen LogP contribution in [0.4, 0.5) is 5.82 Å². The fourth-order valence-corrected chi connectivity index (χ4v) is 1.89. The topological polar surface area (TPSA) is 77.2 Å². The summed E-state index contributed by atoms with van der Waals surface area (Å²) in [5, 5.41) is 4.52. The summed E-state index contributed by atoms with van der Waals surface area (Å²) in [7, 11) is 0. The van der Waals surface area contributed by atoms with E-state index in [4.69, 9.17) is 10.5 Å². The number of carbonyl (C=O) groups is 1. The molecule has 0 aliphatic carbocycles. The van der Waals surface area contributed by atoms with Crippen LogP contribution in [-0.4, -0.2) is 30.1 Å². The Hall–Kier alpha value is -2.14. The Bertz CT molecular complexity index is 611. The summed E-state index contributed by atoms with van der Waals surface area (Å²) in [6.45, 7) is 4.83. The van der Waals surface area contributed by atoms with Crippen LogP contribution in [0.3, 0.4) is 0 Å². The highest BCUT2D eigenvalue weighted by Gasteiger charge is 2.10. The zero-order chi connectivity index (χ0) is 14.5. The van der Waals surface area contributed by atoms with E-state index in [1.165, 1.54) is 0 Å². The fourth-order valence-electron chi connectivity index (χ4n) is 1.89. The van der Waals surface area contributed by atoms with Gasteiger partial charge in [0.05, 0.1) is 12.7 Å². The molecule has 0 radical (unpaired) electrons. The van der Waals surface area contributed by atoms with Gasteiger partial charge in [0.15, 0.2) is 0 Å². The zero-order valence-corrected chi connectivity index (χ0v) is 11.7. The number of fused-ring (bicyclic) bond motifs is 1. The maximum atomic E-state index is 12.0. The van der Waals surface area contributed by atoms with E-state index in [0.29, 0.717) is 24.7 Å². The molecular formula is C15H19N3O2. The Morgan fingerprint density at radius 3 is 2.90 bits per heavy atom. The van der Waals surface area contributed by atoms with Crippen LogP contribution in [-0.2, 0) is 4.74 Å². The highest BCUT2D eigenvalue weighted by atomic mass is 16.5. The van der Waals surface area contributed by atoms with Gasteiger partial charge in [-0.3, -0.25) is 4.79 Å². The summed E-state index contributed by atoms with van der Waals surface area (Å²) in [6, 6.07) is 9.33. The molecule has 0 fully saturated rings. The minimum Gasteiger partial charge on any atom is -0.383 e. The average molecular weight is 273 g/mol. The molecule has 0 atom stereocenters. The van der Waals surface area contributed by atoms with Gasteiger partial charge >= 0.3 is 0 Å². The van der Waals surface area contributed by atoms with Crippen molar-refractivity contribution in [1.29, 1.82) is 0 Å². The van der Waals surface area contributed by atoms with Gasteiger partial charge in [0, 0.05) is 11.9 Å². The number of nitrogens with one attached hydrogen (secondary N) is 1. The summed E-state index contributed by atoms with van der Waals surface area (Å²) in [6.07, 6.45) is 0.154. The largest absolute Gasteiger partial charge is 0.383 e. The minimum atomic E-state index is -0.241. The van der Waals surface area contributed by atoms with Crippen molar-refractivity contribution in [2.75, 3.05) is 18.9 Å². The lowest BCUT2D eigenvalue weighted by molar-refractivity contribution is 0.0745. The highest BCUT2D eigenvalue weighted by Crippen LogP contribution is 2.19. The molecule has 1 aromatic carbocycles. The first-order chi connectivity index (χ1) is 9.58. The Kier molecular flexibility index (Phi) is 4.53. The van der Waals surface area contributed by atoms with Gasteiger partial charge in [-0.15, -0.1) is 0 Å². The Morgan fingerprint density at radius 2 is 2.15 bits per heavy atom. The normalized spacial score (nSPS) is 10.9. The molecule has 0 saturated carbocycles. The van der Waals surface area contributed by atoms with Crippen LogP contribution in [0, 0.1) is 0 Å². The van der Waals surface area contributed by atoms with E-state index in [-0.39, 0.29) is 12.0 Å². The Labute approximate surface area is 118 Å². The third kappa shape index (κ3) is 3.45. The molecular weight excluding hydrogens is 254 g/mol. The van der Waals surface area contributed by atoms with Gasteiger partial charge < -0.3 is 15.8 Å². The number of amides is 1. The molecule has 3 N–H and O–H groups in total. The van der Waals surface area contributed by atoms with Crippen molar-refractivity contribution < 1.29 is 9.53 Å². The number of pyridine rings is 1. The predicted molar refractivity (Wildman–Crippen MR) is 79.6 cm³/mol. The molecule has 0 bridgehead atoms. The summed E-state index contributed by atoms with van der Waals surface area (Å²) in [5.74, 6) is 0.126. The molecule has 1 heterocycles. The number of ether oxygens (including phenoxy) is 1. The lowest BCUT2D eigenvalue weighted by Crippen LogP contribution is -2.28. The van der Waals surface area contributed by atoms with Gasteiger partial charge in [0.2, 0.25) is 0 Å². The number of hydrogen-bond acceptors (Lipinski definition) is 4. The number of hydrogen-bond donors (Lipinski definition) is 2. The van der Waals surface area contributed by atoms with Crippen molar-refractivity contribution in [3.8, 4) is 0 Å². The van der Waals surface area contributed by atoms with Crippen LogP contribution >= 0.6 is 0 Å². The molecule has 5 nitrogen and oxygen atoms in total. The number of anilines is 1. The first-order valence-corrected chi connectivity index (χ1v) is 6.63. The summed E-state index contributed by atoms with van der Waals surface area (Å²) < 4.78 is 5.36. The first-order valence-electron chi connectivity index (χ1n) is 6.63. The molecule has 2 rings (SSSR count). The van der Waals surface area contributed by atoms with Crippen molar-refractivity contribution >= 4 is 22.5 Å². The van der Waals surface area contributed by atoms with Crippen LogP contribution in [0.25, 0.3) is 10.8 Å². The van der Waals surface area contributed by atoms with Gasteiger partial charge in [-0.2, -0.15) is 0 Å². The van der Waals surface area contributed by atoms with E-state index in [9.17, 15) is 4.79 Å². The number of nitrogens with two attached hydrogens (primary N) is 1. The van der Waals surface area contributed by atoms with Crippen LogP contribution in [0.1, 0.15) is 24.3 Å². The van der Waals surface area contributed by atoms with Crippen LogP contribution in [0.5, 0.6) is 0 Å². The molecule has 5 heteroatoms. The molecule has 0 spiro atoms. The monoisotopic (exact) mass is 273 g/mol. The maximum Gasteiger partial charge on any atom is 0.270 e. The van der Waals surface area contributed by atoms with E-state index < -0.39 is 0 Å². The third-order valence-corrected chi connectivity index (χ3v) is 2.84. The summed E-state index contributed by atoms with van der Waals surface area (Å²) in [5.41, 5.74) is 6.20. The molecule has 0 aliphatic heterocycles. The molecule has 2 aromatic rings. The highest BCUT2D eigenvalue weighted by molar-refractivity contribution is 5.99. The molecule has 1 amide bonds. The van der Waals surface area contributed by atoms with Crippen molar-refractivity contribution in [2.45, 2.75) is 20.0 Å². The standard InChI is InChI=1S/C15H19N3O2/c1-10(2)20-8-7-17-15(19)13-9-11-5-3-4-6-12(11)14(16)18-13/h3-6,9-10H,7-8H2,1-2H3,(H2,16,18)(H,17,19). The molecule has 0 unspecified atom stereocenters. The molecule has 0 aliphatic rings. The van der Waals surface area contributed by atoms with Gasteiger partial charge in [0.1, 0.15) is 11.5 Å². The second-order valence-corrected chi connectivity index (χ2v) is 4.79. The van der Waals surface area contributed by atoms with Crippen molar-refractivity contribution in [1.82, 2.24) is 10.3 Å². The lowest BCUT2D eigenvalue weighted by atomic mass is 10.1. The summed E-state index contributed by atoms with van der Waals surface area (Å²) >= 11 is 0. The second-order valence-electron chi connectivity index (χ2n) is 4.79. The third-order valence-electron chi connectivity index (χ3n) is 2.84.